The van der Waals surface area contributed by atoms with Gasteiger partial charge in [-0.2, -0.15) is 0 Å². The van der Waals surface area contributed by atoms with Crippen molar-refractivity contribution in [2.45, 2.75) is 44.9 Å². The Morgan fingerprint density at radius 1 is 1.18 bits per heavy atom. The van der Waals surface area contributed by atoms with Crippen molar-refractivity contribution in [3.63, 3.8) is 0 Å². The van der Waals surface area contributed by atoms with Crippen molar-refractivity contribution in [1.82, 2.24) is 9.47 Å². The summed E-state index contributed by atoms with van der Waals surface area (Å²) in [6, 6.07) is 7.28. The fraction of sp³-hybridized carbons (Fsp3) is 0.520. The average Bonchev–Trinajstić information content (AvgIpc) is 3.25. The molecule has 4 heterocycles. The Kier molecular flexibility index (Phi) is 6.73. The van der Waals surface area contributed by atoms with Crippen LogP contribution in [0.5, 0.6) is 17.2 Å². The Labute approximate surface area is 198 Å². The maximum atomic E-state index is 13.0. The molecule has 1 unspecified atom stereocenters. The van der Waals surface area contributed by atoms with Gasteiger partial charge in [-0.3, -0.25) is 9.69 Å². The van der Waals surface area contributed by atoms with E-state index >= 15 is 0 Å². The molecule has 1 saturated heterocycles. The second-order valence-electron chi connectivity index (χ2n) is 8.79. The van der Waals surface area contributed by atoms with Crippen LogP contribution in [0.3, 0.4) is 0 Å². The number of methoxy groups -OCH3 is 1. The third-order valence-electron chi connectivity index (χ3n) is 6.65. The van der Waals surface area contributed by atoms with Crippen LogP contribution in [0.1, 0.15) is 40.9 Å². The summed E-state index contributed by atoms with van der Waals surface area (Å²) in [5.41, 5.74) is 1.84. The largest absolute Gasteiger partial charge is 0.490 e. The number of pyridine rings is 1. The highest BCUT2D eigenvalue weighted by molar-refractivity contribution is 5.93. The van der Waals surface area contributed by atoms with E-state index in [2.05, 4.69) is 4.90 Å². The van der Waals surface area contributed by atoms with Crippen LogP contribution in [0, 0.1) is 0 Å². The van der Waals surface area contributed by atoms with Gasteiger partial charge in [0.15, 0.2) is 11.5 Å². The van der Waals surface area contributed by atoms with Crippen LogP contribution in [-0.4, -0.2) is 61.7 Å². The smallest absolute Gasteiger partial charge is 0.343 e. The van der Waals surface area contributed by atoms with Gasteiger partial charge in [-0.15, -0.1) is 0 Å². The molecule has 0 spiro atoms. The van der Waals surface area contributed by atoms with Gasteiger partial charge >= 0.3 is 5.97 Å². The molecule has 9 heteroatoms. The first-order valence-electron chi connectivity index (χ1n) is 11.8. The molecule has 34 heavy (non-hydrogen) atoms. The van der Waals surface area contributed by atoms with Gasteiger partial charge in [-0.1, -0.05) is 12.1 Å². The van der Waals surface area contributed by atoms with Crippen molar-refractivity contribution >= 4 is 5.97 Å². The Bertz CT molecular complexity index is 1110. The second kappa shape index (κ2) is 10.1. The first kappa shape index (κ1) is 22.7. The average molecular weight is 471 g/mol. The number of rotatable bonds is 6. The summed E-state index contributed by atoms with van der Waals surface area (Å²) < 4.78 is 29.6. The van der Waals surface area contributed by atoms with E-state index in [1.54, 1.807) is 4.57 Å². The lowest BCUT2D eigenvalue weighted by Crippen LogP contribution is -2.30. The van der Waals surface area contributed by atoms with Crippen LogP contribution in [0.2, 0.25) is 0 Å². The van der Waals surface area contributed by atoms with Gasteiger partial charge in [-0.25, -0.2) is 4.79 Å². The molecule has 0 amide bonds. The number of fused-ring (bicyclic) bond motifs is 2. The van der Waals surface area contributed by atoms with E-state index in [4.69, 9.17) is 23.7 Å². The van der Waals surface area contributed by atoms with Crippen molar-refractivity contribution in [2.24, 2.45) is 0 Å². The molecule has 1 atom stereocenters. The summed E-state index contributed by atoms with van der Waals surface area (Å²) in [7, 11) is 1.35. The Balaban J connectivity index is 1.37. The fourth-order valence-corrected chi connectivity index (χ4v) is 4.86. The number of para-hydroxylation sites is 1. The predicted molar refractivity (Wildman–Crippen MR) is 123 cm³/mol. The van der Waals surface area contributed by atoms with Crippen molar-refractivity contribution in [3.8, 4) is 17.2 Å². The lowest BCUT2D eigenvalue weighted by molar-refractivity contribution is -0.0114. The van der Waals surface area contributed by atoms with Gasteiger partial charge in [0.1, 0.15) is 17.9 Å². The molecule has 0 bridgehead atoms. The number of hydrogen-bond donors (Lipinski definition) is 0. The second-order valence-corrected chi connectivity index (χ2v) is 8.79. The molecule has 2 aromatic rings. The SMILES string of the molecule is COC(=O)c1c(OCC2CCCCO2)cc(=O)n2c1CCN(Cc1cccc3c1OCO3)CC2. The van der Waals surface area contributed by atoms with Gasteiger partial charge < -0.3 is 28.3 Å². The zero-order valence-electron chi connectivity index (χ0n) is 19.4. The third-order valence-corrected chi connectivity index (χ3v) is 6.65. The van der Waals surface area contributed by atoms with Crippen LogP contribution in [0.25, 0.3) is 0 Å². The predicted octanol–water partition coefficient (Wildman–Crippen LogP) is 2.37. The Morgan fingerprint density at radius 2 is 2.09 bits per heavy atom. The van der Waals surface area contributed by atoms with Crippen LogP contribution < -0.4 is 19.8 Å². The summed E-state index contributed by atoms with van der Waals surface area (Å²) in [6.07, 6.45) is 3.52. The van der Waals surface area contributed by atoms with E-state index in [1.807, 2.05) is 18.2 Å². The van der Waals surface area contributed by atoms with Gasteiger partial charge in [0.25, 0.3) is 5.56 Å². The molecule has 3 aliphatic rings. The monoisotopic (exact) mass is 470 g/mol. The van der Waals surface area contributed by atoms with E-state index in [1.165, 1.54) is 13.2 Å². The van der Waals surface area contributed by atoms with E-state index in [0.717, 1.165) is 36.3 Å². The number of ether oxygens (including phenoxy) is 5. The molecule has 1 aromatic carbocycles. The van der Waals surface area contributed by atoms with Crippen LogP contribution >= 0.6 is 0 Å². The molecule has 1 fully saturated rings. The molecule has 9 nitrogen and oxygen atoms in total. The van der Waals surface area contributed by atoms with Gasteiger partial charge in [-0.05, 0) is 25.3 Å². The minimum Gasteiger partial charge on any atom is -0.490 e. The highest BCUT2D eigenvalue weighted by atomic mass is 16.7. The highest BCUT2D eigenvalue weighted by Crippen LogP contribution is 2.36. The number of carbonyl (C=O) groups is 1. The van der Waals surface area contributed by atoms with Gasteiger partial charge in [0.2, 0.25) is 6.79 Å². The van der Waals surface area contributed by atoms with Crippen LogP contribution in [-0.2, 0) is 29.0 Å². The maximum absolute atomic E-state index is 13.0. The molecule has 5 rings (SSSR count). The summed E-state index contributed by atoms with van der Waals surface area (Å²) in [5.74, 6) is 1.31. The quantitative estimate of drug-likeness (QED) is 0.595. The standard InChI is InChI=1S/C25H30N2O7/c1-30-25(29)23-19-8-9-26(14-17-5-4-7-20-24(17)34-16-33-20)10-11-27(19)22(28)13-21(23)32-15-18-6-2-3-12-31-18/h4-5,7,13,18H,2-3,6,8-12,14-16H2,1H3. The summed E-state index contributed by atoms with van der Waals surface area (Å²) in [6.45, 7) is 3.70. The first-order valence-corrected chi connectivity index (χ1v) is 11.8. The number of carbonyl (C=O) groups excluding carboxylic acids is 1. The molecule has 0 radical (unpaired) electrons. The third kappa shape index (κ3) is 4.63. The molecule has 182 valence electrons. The zero-order chi connectivity index (χ0) is 23.5. The normalized spacial score (nSPS) is 19.9. The minimum atomic E-state index is -0.497. The van der Waals surface area contributed by atoms with E-state index in [9.17, 15) is 9.59 Å². The Hall–Kier alpha value is -3.04. The van der Waals surface area contributed by atoms with E-state index in [-0.39, 0.29) is 24.2 Å². The van der Waals surface area contributed by atoms with Crippen LogP contribution in [0.15, 0.2) is 29.1 Å². The number of esters is 1. The minimum absolute atomic E-state index is 0.0323. The summed E-state index contributed by atoms with van der Waals surface area (Å²) in [5, 5.41) is 0. The Morgan fingerprint density at radius 3 is 2.91 bits per heavy atom. The zero-order valence-corrected chi connectivity index (χ0v) is 19.4. The molecule has 0 N–H and O–H groups in total. The topological polar surface area (TPSA) is 88.5 Å². The summed E-state index contributed by atoms with van der Waals surface area (Å²) in [4.78, 5) is 28.1. The van der Waals surface area contributed by atoms with Crippen LogP contribution in [0.4, 0.5) is 0 Å². The number of aromatic nitrogens is 1. The lowest BCUT2D eigenvalue weighted by atomic mass is 10.1. The van der Waals surface area contributed by atoms with Crippen molar-refractivity contribution in [1.29, 1.82) is 0 Å². The highest BCUT2D eigenvalue weighted by Gasteiger charge is 2.28. The lowest BCUT2D eigenvalue weighted by Gasteiger charge is -2.24. The number of hydrogen-bond acceptors (Lipinski definition) is 8. The molecule has 1 aromatic heterocycles. The first-order chi connectivity index (χ1) is 16.6. The fourth-order valence-electron chi connectivity index (χ4n) is 4.86. The molecule has 0 saturated carbocycles. The molecule has 3 aliphatic heterocycles. The van der Waals surface area contributed by atoms with Crippen molar-refractivity contribution in [2.75, 3.05) is 40.2 Å². The van der Waals surface area contributed by atoms with Crippen molar-refractivity contribution in [3.05, 3.63) is 51.4 Å². The number of benzene rings is 1. The van der Waals surface area contributed by atoms with Gasteiger partial charge in [0.05, 0.1) is 13.2 Å². The molecular formula is C25H30N2O7. The molecular weight excluding hydrogens is 440 g/mol. The van der Waals surface area contributed by atoms with E-state index < -0.39 is 5.97 Å². The summed E-state index contributed by atoms with van der Waals surface area (Å²) >= 11 is 0. The maximum Gasteiger partial charge on any atom is 0.343 e. The number of nitrogens with zero attached hydrogens (tertiary/aromatic N) is 2. The molecule has 0 aliphatic carbocycles. The van der Waals surface area contributed by atoms with Gasteiger partial charge in [0, 0.05) is 56.5 Å². The van der Waals surface area contributed by atoms with Crippen molar-refractivity contribution < 1.29 is 28.5 Å². The van der Waals surface area contributed by atoms with E-state index in [0.29, 0.717) is 57.1 Å².